The highest BCUT2D eigenvalue weighted by Gasteiger charge is 2.29. The number of carbonyl (C=O) groups is 1. The maximum Gasteiger partial charge on any atom is 0.219 e. The van der Waals surface area contributed by atoms with Crippen molar-refractivity contribution in [1.82, 2.24) is 0 Å². The third kappa shape index (κ3) is 1.82. The predicted octanol–water partition coefficient (Wildman–Crippen LogP) is 0.739. The van der Waals surface area contributed by atoms with Gasteiger partial charge in [0.1, 0.15) is 0 Å². The summed E-state index contributed by atoms with van der Waals surface area (Å²) in [5, 5.41) is -0.222. The summed E-state index contributed by atoms with van der Waals surface area (Å²) in [4.78, 5) is 10.7. The first-order chi connectivity index (χ1) is 3.89. The monoisotopic (exact) mass is 145 g/mol. The van der Waals surface area contributed by atoms with Crippen LogP contribution in [0.15, 0.2) is 0 Å². The minimum atomic E-state index is -0.912. The molecule has 0 bridgehead atoms. The van der Waals surface area contributed by atoms with E-state index in [1.807, 2.05) is 13.8 Å². The van der Waals surface area contributed by atoms with Crippen molar-refractivity contribution in [2.45, 2.75) is 32.0 Å². The average molecular weight is 145 g/mol. The Balaban J connectivity index is 4.19. The zero-order valence-corrected chi connectivity index (χ0v) is 7.72. The molecule has 0 aromatic carbocycles. The lowest BCUT2D eigenvalue weighted by atomic mass is 10.2. The van der Waals surface area contributed by atoms with Gasteiger partial charge in [-0.3, -0.25) is 4.79 Å². The van der Waals surface area contributed by atoms with Crippen LogP contribution in [0.3, 0.4) is 0 Å². The quantitative estimate of drug-likeness (QED) is 0.572. The molecule has 0 atom stereocenters. The predicted molar refractivity (Wildman–Crippen MR) is 42.1 cm³/mol. The van der Waals surface area contributed by atoms with Crippen LogP contribution in [-0.2, 0) is 4.79 Å². The molecular formula is C6H15NOSi. The normalized spacial score (nSPS) is 12.1. The first kappa shape index (κ1) is 8.69. The van der Waals surface area contributed by atoms with Crippen LogP contribution in [0, 0.1) is 0 Å². The number of primary amides is 1. The highest BCUT2D eigenvalue weighted by atomic mass is 28.3. The zero-order chi connectivity index (χ0) is 7.65. The van der Waals surface area contributed by atoms with Crippen molar-refractivity contribution in [3.8, 4) is 0 Å². The maximum absolute atomic E-state index is 10.7. The largest absolute Gasteiger partial charge is 0.369 e. The van der Waals surface area contributed by atoms with E-state index in [1.54, 1.807) is 0 Å². The van der Waals surface area contributed by atoms with E-state index in [4.69, 9.17) is 5.73 Å². The topological polar surface area (TPSA) is 43.1 Å². The first-order valence-electron chi connectivity index (χ1n) is 3.19. The lowest BCUT2D eigenvalue weighted by Crippen LogP contribution is -2.35. The van der Waals surface area contributed by atoms with Crippen molar-refractivity contribution in [2.75, 3.05) is 0 Å². The molecule has 0 fully saturated rings. The molecule has 2 N–H and O–H groups in total. The highest BCUT2D eigenvalue weighted by Crippen LogP contribution is 2.26. The van der Waals surface area contributed by atoms with Gasteiger partial charge in [0.25, 0.3) is 0 Å². The van der Waals surface area contributed by atoms with Gasteiger partial charge in [-0.25, -0.2) is 0 Å². The summed E-state index contributed by atoms with van der Waals surface area (Å²) in [5.41, 5.74) is 5.17. The van der Waals surface area contributed by atoms with Gasteiger partial charge in [0.2, 0.25) is 5.91 Å². The van der Waals surface area contributed by atoms with Crippen molar-refractivity contribution in [3.05, 3.63) is 0 Å². The first-order valence-corrected chi connectivity index (χ1v) is 6.07. The van der Waals surface area contributed by atoms with Gasteiger partial charge < -0.3 is 5.73 Å². The molecule has 1 amide bonds. The summed E-state index contributed by atoms with van der Waals surface area (Å²) in [6, 6.07) is 0. The molecule has 54 valence electrons. The number of hydrogen-bond donors (Lipinski definition) is 1. The SMILES string of the molecule is C[SiH](C)C(C)(C)C(N)=O. The molecule has 9 heavy (non-hydrogen) atoms. The van der Waals surface area contributed by atoms with Crippen LogP contribution in [0.4, 0.5) is 0 Å². The minimum Gasteiger partial charge on any atom is -0.369 e. The second kappa shape index (κ2) is 2.52. The molecule has 2 nitrogen and oxygen atoms in total. The van der Waals surface area contributed by atoms with E-state index in [0.29, 0.717) is 0 Å². The van der Waals surface area contributed by atoms with E-state index in [1.165, 1.54) is 0 Å². The third-order valence-corrected chi connectivity index (χ3v) is 5.25. The average Bonchev–Trinajstić information content (AvgIpc) is 1.65. The van der Waals surface area contributed by atoms with E-state index in [2.05, 4.69) is 13.1 Å². The van der Waals surface area contributed by atoms with Crippen molar-refractivity contribution < 1.29 is 4.79 Å². The molecular weight excluding hydrogens is 130 g/mol. The van der Waals surface area contributed by atoms with Crippen LogP contribution in [0.2, 0.25) is 18.1 Å². The molecule has 0 aliphatic heterocycles. The highest BCUT2D eigenvalue weighted by molar-refractivity contribution is 6.63. The van der Waals surface area contributed by atoms with Crippen LogP contribution < -0.4 is 5.73 Å². The summed E-state index contributed by atoms with van der Waals surface area (Å²) in [5.74, 6) is -0.163. The van der Waals surface area contributed by atoms with Gasteiger partial charge in [0.05, 0.1) is 0 Å². The van der Waals surface area contributed by atoms with E-state index in [9.17, 15) is 4.79 Å². The van der Waals surface area contributed by atoms with Gasteiger partial charge >= 0.3 is 0 Å². The Hall–Kier alpha value is -0.313. The number of nitrogens with two attached hydrogens (primary N) is 1. The van der Waals surface area contributed by atoms with Gasteiger partial charge in [-0.15, -0.1) is 0 Å². The Morgan fingerprint density at radius 3 is 1.78 bits per heavy atom. The van der Waals surface area contributed by atoms with Crippen LogP contribution in [-0.4, -0.2) is 14.7 Å². The van der Waals surface area contributed by atoms with Crippen LogP contribution >= 0.6 is 0 Å². The number of hydrogen-bond acceptors (Lipinski definition) is 1. The lowest BCUT2D eigenvalue weighted by molar-refractivity contribution is -0.120. The van der Waals surface area contributed by atoms with Gasteiger partial charge in [-0.1, -0.05) is 26.9 Å². The van der Waals surface area contributed by atoms with E-state index in [0.717, 1.165) is 0 Å². The summed E-state index contributed by atoms with van der Waals surface area (Å²) in [7, 11) is -0.912. The zero-order valence-electron chi connectivity index (χ0n) is 6.56. The standard InChI is InChI=1S/C6H15NOSi/c1-6(2,5(7)8)9(3)4/h9H,1-4H3,(H2,7,8). The Morgan fingerprint density at radius 1 is 1.44 bits per heavy atom. The van der Waals surface area contributed by atoms with Crippen molar-refractivity contribution in [1.29, 1.82) is 0 Å². The van der Waals surface area contributed by atoms with Crippen molar-refractivity contribution in [3.63, 3.8) is 0 Å². The Morgan fingerprint density at radius 2 is 1.78 bits per heavy atom. The maximum atomic E-state index is 10.7. The molecule has 0 heterocycles. The second-order valence-corrected chi connectivity index (χ2v) is 6.99. The molecule has 0 saturated carbocycles. The fraction of sp³-hybridized carbons (Fsp3) is 0.833. The van der Waals surface area contributed by atoms with Crippen molar-refractivity contribution in [2.24, 2.45) is 5.73 Å². The van der Waals surface area contributed by atoms with Gasteiger partial charge in [-0.2, -0.15) is 0 Å². The molecule has 0 rings (SSSR count). The van der Waals surface area contributed by atoms with Gasteiger partial charge in [0, 0.05) is 13.8 Å². The Kier molecular flexibility index (Phi) is 2.43. The fourth-order valence-corrected chi connectivity index (χ4v) is 0.854. The summed E-state index contributed by atoms with van der Waals surface area (Å²) >= 11 is 0. The fourth-order valence-electron chi connectivity index (χ4n) is 0.285. The Labute approximate surface area is 58.0 Å². The number of rotatable bonds is 2. The summed E-state index contributed by atoms with van der Waals surface area (Å²) in [6.07, 6.45) is 0. The van der Waals surface area contributed by atoms with Crippen LogP contribution in [0.5, 0.6) is 0 Å². The van der Waals surface area contributed by atoms with E-state index in [-0.39, 0.29) is 10.9 Å². The molecule has 0 unspecified atom stereocenters. The molecule has 0 aliphatic carbocycles. The van der Waals surface area contributed by atoms with Crippen molar-refractivity contribution >= 4 is 14.7 Å². The third-order valence-electron chi connectivity index (χ3n) is 2.08. The van der Waals surface area contributed by atoms with Crippen LogP contribution in [0.1, 0.15) is 13.8 Å². The molecule has 0 spiro atoms. The number of amides is 1. The smallest absolute Gasteiger partial charge is 0.219 e. The Bertz CT molecular complexity index is 120. The van der Waals surface area contributed by atoms with Gasteiger partial charge in [0.15, 0.2) is 0 Å². The molecule has 3 heteroatoms. The molecule has 0 aliphatic rings. The van der Waals surface area contributed by atoms with Gasteiger partial charge in [-0.05, 0) is 0 Å². The molecule has 0 radical (unpaired) electrons. The number of carbonyl (C=O) groups excluding carboxylic acids is 1. The molecule has 0 aromatic heterocycles. The second-order valence-electron chi connectivity index (χ2n) is 3.24. The van der Waals surface area contributed by atoms with E-state index < -0.39 is 8.80 Å². The summed E-state index contributed by atoms with van der Waals surface area (Å²) in [6.45, 7) is 8.11. The molecule has 0 saturated heterocycles. The minimum absolute atomic E-state index is 0.163. The summed E-state index contributed by atoms with van der Waals surface area (Å²) < 4.78 is 0. The van der Waals surface area contributed by atoms with Crippen LogP contribution in [0.25, 0.3) is 0 Å². The van der Waals surface area contributed by atoms with E-state index >= 15 is 0 Å². The lowest BCUT2D eigenvalue weighted by Gasteiger charge is -2.23. The molecule has 0 aromatic rings.